The van der Waals surface area contributed by atoms with Gasteiger partial charge in [0.25, 0.3) is 0 Å². The van der Waals surface area contributed by atoms with Gasteiger partial charge in [0, 0.05) is 5.56 Å². The number of methoxy groups -OCH3 is 2. The standard InChI is InChI=1S/C20H23NO5/c1-5-12-25-17-9-6-15(7-10-17)20(22)26-21-14(2)16-8-11-18(23-3)19(13-16)24-4/h6-11,13H,5,12H2,1-4H3/b21-14-. The summed E-state index contributed by atoms with van der Waals surface area (Å²) in [4.78, 5) is 17.1. The van der Waals surface area contributed by atoms with Gasteiger partial charge in [0.05, 0.1) is 32.1 Å². The molecule has 0 aliphatic rings. The van der Waals surface area contributed by atoms with Crippen LogP contribution in [-0.2, 0) is 4.84 Å². The Kier molecular flexibility index (Phi) is 7.02. The molecule has 138 valence electrons. The van der Waals surface area contributed by atoms with Crippen LogP contribution in [0.5, 0.6) is 17.2 Å². The Morgan fingerprint density at radius 3 is 2.23 bits per heavy atom. The van der Waals surface area contributed by atoms with E-state index in [0.29, 0.717) is 35.1 Å². The van der Waals surface area contributed by atoms with E-state index in [0.717, 1.165) is 12.0 Å². The van der Waals surface area contributed by atoms with Crippen molar-refractivity contribution in [1.29, 1.82) is 0 Å². The Morgan fingerprint density at radius 2 is 1.62 bits per heavy atom. The van der Waals surface area contributed by atoms with Gasteiger partial charge in [-0.3, -0.25) is 0 Å². The lowest BCUT2D eigenvalue weighted by molar-refractivity contribution is 0.0516. The highest BCUT2D eigenvalue weighted by molar-refractivity contribution is 5.99. The second-order valence-corrected chi connectivity index (χ2v) is 5.50. The van der Waals surface area contributed by atoms with E-state index >= 15 is 0 Å². The zero-order valence-electron chi connectivity index (χ0n) is 15.4. The van der Waals surface area contributed by atoms with Gasteiger partial charge in [-0.1, -0.05) is 12.1 Å². The van der Waals surface area contributed by atoms with E-state index in [9.17, 15) is 4.79 Å². The maximum Gasteiger partial charge on any atom is 0.365 e. The molecule has 0 radical (unpaired) electrons. The monoisotopic (exact) mass is 357 g/mol. The third kappa shape index (κ3) is 4.99. The number of ether oxygens (including phenoxy) is 3. The molecule has 0 aliphatic heterocycles. The average molecular weight is 357 g/mol. The number of carbonyl (C=O) groups is 1. The summed E-state index contributed by atoms with van der Waals surface area (Å²) in [7, 11) is 3.13. The van der Waals surface area contributed by atoms with Gasteiger partial charge in [0.2, 0.25) is 0 Å². The Balaban J connectivity index is 2.04. The first kappa shape index (κ1) is 19.3. The lowest BCUT2D eigenvalue weighted by Crippen LogP contribution is -2.04. The van der Waals surface area contributed by atoms with Gasteiger partial charge in [-0.2, -0.15) is 0 Å². The van der Waals surface area contributed by atoms with Gasteiger partial charge < -0.3 is 19.0 Å². The van der Waals surface area contributed by atoms with E-state index in [1.54, 1.807) is 57.5 Å². The minimum atomic E-state index is -0.535. The van der Waals surface area contributed by atoms with Crippen LogP contribution in [0.2, 0.25) is 0 Å². The van der Waals surface area contributed by atoms with Crippen molar-refractivity contribution in [3.8, 4) is 17.2 Å². The van der Waals surface area contributed by atoms with Gasteiger partial charge in [-0.25, -0.2) is 4.79 Å². The van der Waals surface area contributed by atoms with Crippen LogP contribution in [0.15, 0.2) is 47.6 Å². The molecule has 0 amide bonds. The zero-order valence-corrected chi connectivity index (χ0v) is 15.4. The molecule has 6 nitrogen and oxygen atoms in total. The fourth-order valence-electron chi connectivity index (χ4n) is 2.18. The maximum absolute atomic E-state index is 12.1. The van der Waals surface area contributed by atoms with Crippen LogP contribution in [0, 0.1) is 0 Å². The van der Waals surface area contributed by atoms with Crippen molar-refractivity contribution in [2.45, 2.75) is 20.3 Å². The highest BCUT2D eigenvalue weighted by atomic mass is 16.7. The molecule has 2 aromatic rings. The first-order valence-electron chi connectivity index (χ1n) is 8.30. The van der Waals surface area contributed by atoms with Crippen molar-refractivity contribution in [1.82, 2.24) is 0 Å². The SMILES string of the molecule is CCCOc1ccc(C(=O)O/N=C(/C)c2ccc(OC)c(OC)c2)cc1. The summed E-state index contributed by atoms with van der Waals surface area (Å²) >= 11 is 0. The van der Waals surface area contributed by atoms with E-state index < -0.39 is 5.97 Å². The highest BCUT2D eigenvalue weighted by Gasteiger charge is 2.10. The first-order chi connectivity index (χ1) is 12.6. The Hall–Kier alpha value is -3.02. The van der Waals surface area contributed by atoms with E-state index in [2.05, 4.69) is 5.16 Å². The predicted octanol–water partition coefficient (Wildman–Crippen LogP) is 4.07. The molecule has 0 unspecified atom stereocenters. The molecule has 6 heteroatoms. The summed E-state index contributed by atoms with van der Waals surface area (Å²) in [6.07, 6.45) is 0.925. The molecular formula is C20H23NO5. The zero-order chi connectivity index (χ0) is 18.9. The summed E-state index contributed by atoms with van der Waals surface area (Å²) in [6.45, 7) is 4.42. The molecule has 0 aliphatic carbocycles. The van der Waals surface area contributed by atoms with E-state index in [1.807, 2.05) is 13.0 Å². The highest BCUT2D eigenvalue weighted by Crippen LogP contribution is 2.27. The van der Waals surface area contributed by atoms with Crippen LogP contribution < -0.4 is 14.2 Å². The van der Waals surface area contributed by atoms with Gasteiger partial charge in [-0.15, -0.1) is 0 Å². The fourth-order valence-corrected chi connectivity index (χ4v) is 2.18. The van der Waals surface area contributed by atoms with Crippen molar-refractivity contribution in [2.75, 3.05) is 20.8 Å². The second kappa shape index (κ2) is 9.46. The number of carbonyl (C=O) groups excluding carboxylic acids is 1. The van der Waals surface area contributed by atoms with Crippen LogP contribution in [-0.4, -0.2) is 32.5 Å². The lowest BCUT2D eigenvalue weighted by atomic mass is 10.1. The summed E-state index contributed by atoms with van der Waals surface area (Å²) < 4.78 is 15.9. The molecule has 0 heterocycles. The number of rotatable bonds is 8. The predicted molar refractivity (Wildman–Crippen MR) is 99.4 cm³/mol. The van der Waals surface area contributed by atoms with Crippen molar-refractivity contribution in [2.24, 2.45) is 5.16 Å². The number of hydrogen-bond acceptors (Lipinski definition) is 6. The Bertz CT molecular complexity index is 768. The van der Waals surface area contributed by atoms with Crippen molar-refractivity contribution in [3.05, 3.63) is 53.6 Å². The molecule has 2 rings (SSSR count). The van der Waals surface area contributed by atoms with E-state index in [-0.39, 0.29) is 0 Å². The van der Waals surface area contributed by atoms with Crippen molar-refractivity contribution >= 4 is 11.7 Å². The number of nitrogens with zero attached hydrogens (tertiary/aromatic N) is 1. The number of hydrogen-bond donors (Lipinski definition) is 0. The topological polar surface area (TPSA) is 66.4 Å². The fraction of sp³-hybridized carbons (Fsp3) is 0.300. The largest absolute Gasteiger partial charge is 0.494 e. The minimum Gasteiger partial charge on any atom is -0.494 e. The second-order valence-electron chi connectivity index (χ2n) is 5.50. The number of oxime groups is 1. The molecule has 0 atom stereocenters. The lowest BCUT2D eigenvalue weighted by Gasteiger charge is -2.09. The van der Waals surface area contributed by atoms with Gasteiger partial charge in [-0.05, 0) is 55.8 Å². The summed E-state index contributed by atoms with van der Waals surface area (Å²) in [5.74, 6) is 1.38. The molecule has 0 saturated carbocycles. The molecule has 0 spiro atoms. The maximum atomic E-state index is 12.1. The van der Waals surface area contributed by atoms with Crippen LogP contribution in [0.1, 0.15) is 36.2 Å². The van der Waals surface area contributed by atoms with Crippen LogP contribution in [0.4, 0.5) is 0 Å². The molecule has 0 saturated heterocycles. The van der Waals surface area contributed by atoms with Crippen LogP contribution in [0.25, 0.3) is 0 Å². The van der Waals surface area contributed by atoms with Crippen LogP contribution in [0.3, 0.4) is 0 Å². The van der Waals surface area contributed by atoms with Crippen molar-refractivity contribution in [3.63, 3.8) is 0 Å². The average Bonchev–Trinajstić information content (AvgIpc) is 2.69. The third-order valence-electron chi connectivity index (χ3n) is 3.63. The summed E-state index contributed by atoms with van der Waals surface area (Å²) in [6, 6.07) is 12.1. The molecule has 2 aromatic carbocycles. The normalized spacial score (nSPS) is 11.0. The number of benzene rings is 2. The van der Waals surface area contributed by atoms with Gasteiger partial charge in [0.1, 0.15) is 5.75 Å². The Labute approximate surface area is 153 Å². The summed E-state index contributed by atoms with van der Waals surface area (Å²) in [5.41, 5.74) is 1.71. The molecule has 0 N–H and O–H groups in total. The Morgan fingerprint density at radius 1 is 0.962 bits per heavy atom. The smallest absolute Gasteiger partial charge is 0.365 e. The van der Waals surface area contributed by atoms with E-state index in [4.69, 9.17) is 19.0 Å². The first-order valence-corrected chi connectivity index (χ1v) is 8.30. The minimum absolute atomic E-state index is 0.401. The molecular weight excluding hydrogens is 334 g/mol. The van der Waals surface area contributed by atoms with Gasteiger partial charge >= 0.3 is 5.97 Å². The molecule has 0 aromatic heterocycles. The quantitative estimate of drug-likeness (QED) is 0.405. The molecule has 0 bridgehead atoms. The third-order valence-corrected chi connectivity index (χ3v) is 3.63. The van der Waals surface area contributed by atoms with Crippen molar-refractivity contribution < 1.29 is 23.8 Å². The van der Waals surface area contributed by atoms with E-state index in [1.165, 1.54) is 0 Å². The van der Waals surface area contributed by atoms with Crippen LogP contribution >= 0.6 is 0 Å². The molecule has 0 fully saturated rings. The van der Waals surface area contributed by atoms with Gasteiger partial charge in [0.15, 0.2) is 11.5 Å². The summed E-state index contributed by atoms with van der Waals surface area (Å²) in [5, 5.41) is 3.91. The molecule has 26 heavy (non-hydrogen) atoms.